The molecule has 0 aliphatic carbocycles. The summed E-state index contributed by atoms with van der Waals surface area (Å²) in [6.45, 7) is 1.99. The number of aromatic nitrogens is 1. The third kappa shape index (κ3) is 3.34. The molecule has 4 nitrogen and oxygen atoms in total. The normalized spacial score (nSPS) is 11.2. The van der Waals surface area contributed by atoms with Crippen molar-refractivity contribution in [3.63, 3.8) is 0 Å². The standard InChI is InChI=1S/C14H12F3N3O/c1-9-3-5-11(21-9)8-20(2)13-10(7-18)4-6-12(19-13)14(15,16)17/h3-6H,8H2,1-2H3. The van der Waals surface area contributed by atoms with Gasteiger partial charge in [-0.3, -0.25) is 0 Å². The molecule has 0 saturated carbocycles. The Morgan fingerprint density at radius 2 is 2.00 bits per heavy atom. The van der Waals surface area contributed by atoms with Gasteiger partial charge < -0.3 is 9.32 Å². The smallest absolute Gasteiger partial charge is 0.433 e. The van der Waals surface area contributed by atoms with Crippen molar-refractivity contribution in [1.82, 2.24) is 4.98 Å². The Hall–Kier alpha value is -2.49. The first-order valence-electron chi connectivity index (χ1n) is 6.06. The molecule has 7 heteroatoms. The van der Waals surface area contributed by atoms with E-state index in [1.54, 1.807) is 26.1 Å². The van der Waals surface area contributed by atoms with Gasteiger partial charge in [-0.15, -0.1) is 0 Å². The maximum absolute atomic E-state index is 12.7. The molecule has 0 aliphatic rings. The van der Waals surface area contributed by atoms with Crippen molar-refractivity contribution in [2.75, 3.05) is 11.9 Å². The van der Waals surface area contributed by atoms with E-state index in [1.165, 1.54) is 4.90 Å². The average molecular weight is 295 g/mol. The van der Waals surface area contributed by atoms with E-state index < -0.39 is 11.9 Å². The number of pyridine rings is 1. The lowest BCUT2D eigenvalue weighted by molar-refractivity contribution is -0.141. The topological polar surface area (TPSA) is 53.1 Å². The number of hydrogen-bond acceptors (Lipinski definition) is 4. The molecule has 2 heterocycles. The van der Waals surface area contributed by atoms with Crippen LogP contribution in [0.2, 0.25) is 0 Å². The fourth-order valence-electron chi connectivity index (χ4n) is 1.86. The number of rotatable bonds is 3. The fraction of sp³-hybridized carbons (Fsp3) is 0.286. The minimum absolute atomic E-state index is 0.0265. The van der Waals surface area contributed by atoms with Gasteiger partial charge in [0.15, 0.2) is 0 Å². The number of alkyl halides is 3. The molecule has 0 aromatic carbocycles. The van der Waals surface area contributed by atoms with Crippen LogP contribution in [0, 0.1) is 18.3 Å². The first-order valence-corrected chi connectivity index (χ1v) is 6.06. The Labute approximate surface area is 119 Å². The Morgan fingerprint density at radius 3 is 2.52 bits per heavy atom. The van der Waals surface area contributed by atoms with Crippen molar-refractivity contribution in [1.29, 1.82) is 5.26 Å². The molecule has 0 spiro atoms. The van der Waals surface area contributed by atoms with Crippen LogP contribution in [0.3, 0.4) is 0 Å². The lowest BCUT2D eigenvalue weighted by atomic mass is 10.2. The highest BCUT2D eigenvalue weighted by Gasteiger charge is 2.33. The molecule has 2 aromatic heterocycles. The van der Waals surface area contributed by atoms with Crippen molar-refractivity contribution >= 4 is 5.82 Å². The minimum atomic E-state index is -4.55. The number of anilines is 1. The quantitative estimate of drug-likeness (QED) is 0.869. The van der Waals surface area contributed by atoms with Gasteiger partial charge in [-0.2, -0.15) is 18.4 Å². The van der Waals surface area contributed by atoms with Crippen LogP contribution in [-0.2, 0) is 12.7 Å². The largest absolute Gasteiger partial charge is 0.464 e. The van der Waals surface area contributed by atoms with Crippen LogP contribution in [0.15, 0.2) is 28.7 Å². The van der Waals surface area contributed by atoms with Gasteiger partial charge in [-0.1, -0.05) is 0 Å². The molecule has 0 N–H and O–H groups in total. The third-order valence-electron chi connectivity index (χ3n) is 2.84. The van der Waals surface area contributed by atoms with Gasteiger partial charge in [0.05, 0.1) is 12.1 Å². The third-order valence-corrected chi connectivity index (χ3v) is 2.84. The van der Waals surface area contributed by atoms with Crippen molar-refractivity contribution < 1.29 is 17.6 Å². The summed E-state index contributed by atoms with van der Waals surface area (Å²) in [5.41, 5.74) is -0.951. The molecular weight excluding hydrogens is 283 g/mol. The average Bonchev–Trinajstić information content (AvgIpc) is 2.82. The van der Waals surface area contributed by atoms with Crippen LogP contribution in [-0.4, -0.2) is 12.0 Å². The summed E-state index contributed by atoms with van der Waals surface area (Å²) >= 11 is 0. The summed E-state index contributed by atoms with van der Waals surface area (Å²) in [4.78, 5) is 5.00. The molecule has 0 radical (unpaired) electrons. The highest BCUT2D eigenvalue weighted by atomic mass is 19.4. The van der Waals surface area contributed by atoms with E-state index in [1.807, 2.05) is 6.07 Å². The number of halogens is 3. The molecule has 0 fully saturated rings. The van der Waals surface area contributed by atoms with Crippen molar-refractivity contribution in [3.8, 4) is 6.07 Å². The number of hydrogen-bond donors (Lipinski definition) is 0. The Kier molecular flexibility index (Phi) is 3.89. The van der Waals surface area contributed by atoms with Gasteiger partial charge >= 0.3 is 6.18 Å². The minimum Gasteiger partial charge on any atom is -0.464 e. The van der Waals surface area contributed by atoms with Crippen LogP contribution in [0.25, 0.3) is 0 Å². The first kappa shape index (κ1) is 14.9. The van der Waals surface area contributed by atoms with Crippen LogP contribution >= 0.6 is 0 Å². The van der Waals surface area contributed by atoms with E-state index >= 15 is 0 Å². The van der Waals surface area contributed by atoms with Gasteiger partial charge in [0, 0.05) is 7.05 Å². The first-order chi connectivity index (χ1) is 9.81. The number of nitrogens with zero attached hydrogens (tertiary/aromatic N) is 3. The van der Waals surface area contributed by atoms with Crippen LogP contribution in [0.4, 0.5) is 19.0 Å². The van der Waals surface area contributed by atoms with E-state index in [2.05, 4.69) is 4.98 Å². The molecule has 0 unspecified atom stereocenters. The van der Waals surface area contributed by atoms with Crippen molar-refractivity contribution in [3.05, 3.63) is 47.0 Å². The Bertz CT molecular complexity index is 686. The maximum atomic E-state index is 12.7. The fourth-order valence-corrected chi connectivity index (χ4v) is 1.86. The van der Waals surface area contributed by atoms with E-state index in [4.69, 9.17) is 9.68 Å². The molecule has 0 atom stereocenters. The summed E-state index contributed by atoms with van der Waals surface area (Å²) in [6, 6.07) is 7.25. The summed E-state index contributed by atoms with van der Waals surface area (Å²) in [5.74, 6) is 1.26. The van der Waals surface area contributed by atoms with Gasteiger partial charge in [-0.25, -0.2) is 4.98 Å². The second kappa shape index (κ2) is 5.48. The van der Waals surface area contributed by atoms with E-state index in [0.717, 1.165) is 12.1 Å². The monoisotopic (exact) mass is 295 g/mol. The van der Waals surface area contributed by atoms with Gasteiger partial charge in [0.25, 0.3) is 0 Å². The van der Waals surface area contributed by atoms with Crippen LogP contribution in [0.1, 0.15) is 22.8 Å². The summed E-state index contributed by atoms with van der Waals surface area (Å²) in [7, 11) is 1.56. The lowest BCUT2D eigenvalue weighted by Crippen LogP contribution is -2.20. The van der Waals surface area contributed by atoms with Crippen LogP contribution in [0.5, 0.6) is 0 Å². The zero-order chi connectivity index (χ0) is 15.6. The van der Waals surface area contributed by atoms with Gasteiger partial charge in [-0.05, 0) is 31.2 Å². The summed E-state index contributed by atoms with van der Waals surface area (Å²) in [5, 5.41) is 9.01. The van der Waals surface area contributed by atoms with E-state index in [9.17, 15) is 13.2 Å². The molecule has 2 aromatic rings. The predicted molar refractivity (Wildman–Crippen MR) is 69.5 cm³/mol. The highest BCUT2D eigenvalue weighted by Crippen LogP contribution is 2.30. The second-order valence-corrected chi connectivity index (χ2v) is 4.55. The summed E-state index contributed by atoms with van der Waals surface area (Å²) in [6.07, 6.45) is -4.55. The molecule has 110 valence electrons. The maximum Gasteiger partial charge on any atom is 0.433 e. The van der Waals surface area contributed by atoms with Gasteiger partial charge in [0.1, 0.15) is 29.1 Å². The summed E-state index contributed by atoms with van der Waals surface area (Å²) < 4.78 is 43.5. The lowest BCUT2D eigenvalue weighted by Gasteiger charge is -2.19. The second-order valence-electron chi connectivity index (χ2n) is 4.55. The van der Waals surface area contributed by atoms with E-state index in [0.29, 0.717) is 11.5 Å². The molecule has 2 rings (SSSR count). The number of nitriles is 1. The number of furan rings is 1. The van der Waals surface area contributed by atoms with E-state index in [-0.39, 0.29) is 17.9 Å². The zero-order valence-corrected chi connectivity index (χ0v) is 11.4. The van der Waals surface area contributed by atoms with Crippen LogP contribution < -0.4 is 4.90 Å². The molecule has 0 saturated heterocycles. The molecule has 21 heavy (non-hydrogen) atoms. The SMILES string of the molecule is Cc1ccc(CN(C)c2nc(C(F)(F)F)ccc2C#N)o1. The predicted octanol–water partition coefficient (Wildman–Crippen LogP) is 3.51. The highest BCUT2D eigenvalue weighted by molar-refractivity contribution is 5.54. The molecule has 0 bridgehead atoms. The van der Waals surface area contributed by atoms with Gasteiger partial charge in [0.2, 0.25) is 0 Å². The molecule has 0 aliphatic heterocycles. The Morgan fingerprint density at radius 1 is 1.29 bits per heavy atom. The Balaban J connectivity index is 2.34. The van der Waals surface area contributed by atoms with Crippen molar-refractivity contribution in [2.45, 2.75) is 19.6 Å². The zero-order valence-electron chi connectivity index (χ0n) is 11.4. The van der Waals surface area contributed by atoms with Crippen molar-refractivity contribution in [2.24, 2.45) is 0 Å². The number of aryl methyl sites for hydroxylation is 1. The molecule has 0 amide bonds. The molecular formula is C14H12F3N3O.